The van der Waals surface area contributed by atoms with E-state index >= 15 is 0 Å². The molecule has 0 aliphatic heterocycles. The summed E-state index contributed by atoms with van der Waals surface area (Å²) in [6.07, 6.45) is 10.0. The molecule has 0 atom stereocenters. The Morgan fingerprint density at radius 3 is 2.13 bits per heavy atom. The number of carbonyl (C=O) groups excluding carboxylic acids is 1. The van der Waals surface area contributed by atoms with Gasteiger partial charge in [0.25, 0.3) is 0 Å². The molecule has 0 unspecified atom stereocenters. The van der Waals surface area contributed by atoms with Gasteiger partial charge in [-0.1, -0.05) is 79.6 Å². The van der Waals surface area contributed by atoms with Crippen LogP contribution in [-0.2, 0) is 16.6 Å². The molecule has 1 aliphatic carbocycles. The number of nitrogens with one attached hydrogen (secondary N) is 1. The van der Waals surface area contributed by atoms with Crippen LogP contribution in [-0.4, -0.2) is 17.4 Å². The molecule has 2 aromatic carbocycles. The number of carbonyl (C=O) groups is 1. The van der Waals surface area contributed by atoms with Crippen LogP contribution in [0.1, 0.15) is 48.8 Å². The van der Waals surface area contributed by atoms with Gasteiger partial charge in [0.05, 0.1) is 5.41 Å². The third-order valence-corrected chi connectivity index (χ3v) is 6.11. The second kappa shape index (κ2) is 9.71. The van der Waals surface area contributed by atoms with Gasteiger partial charge in [0.15, 0.2) is 0 Å². The van der Waals surface area contributed by atoms with Gasteiger partial charge in [0.2, 0.25) is 5.91 Å². The second-order valence-corrected chi connectivity index (χ2v) is 8.36. The van der Waals surface area contributed by atoms with Crippen LogP contribution in [0.5, 0.6) is 0 Å². The average molecular weight is 399 g/mol. The van der Waals surface area contributed by atoms with Gasteiger partial charge in [-0.15, -0.1) is 0 Å². The molecule has 0 radical (unpaired) electrons. The van der Waals surface area contributed by atoms with Crippen LogP contribution in [0.2, 0.25) is 0 Å². The average Bonchev–Trinajstić information content (AvgIpc) is 3.63. The van der Waals surface area contributed by atoms with Crippen molar-refractivity contribution < 1.29 is 4.79 Å². The van der Waals surface area contributed by atoms with E-state index in [4.69, 9.17) is 0 Å². The molecule has 30 heavy (non-hydrogen) atoms. The van der Waals surface area contributed by atoms with Gasteiger partial charge in [0.1, 0.15) is 0 Å². The first-order chi connectivity index (χ1) is 14.8. The van der Waals surface area contributed by atoms with Crippen molar-refractivity contribution in [1.82, 2.24) is 10.3 Å². The van der Waals surface area contributed by atoms with Gasteiger partial charge in [-0.2, -0.15) is 0 Å². The lowest BCUT2D eigenvalue weighted by molar-refractivity contribution is -0.125. The van der Waals surface area contributed by atoms with Crippen LogP contribution < -0.4 is 5.32 Å². The topological polar surface area (TPSA) is 42.0 Å². The van der Waals surface area contributed by atoms with Gasteiger partial charge in [-0.05, 0) is 54.4 Å². The second-order valence-electron chi connectivity index (χ2n) is 8.36. The van der Waals surface area contributed by atoms with Crippen LogP contribution in [0.25, 0.3) is 0 Å². The van der Waals surface area contributed by atoms with E-state index in [1.54, 1.807) is 6.20 Å². The number of unbranched alkanes of at least 4 members (excludes halogenated alkanes) is 1. The van der Waals surface area contributed by atoms with E-state index in [0.717, 1.165) is 36.8 Å². The minimum Gasteiger partial charge on any atom is -0.355 e. The molecule has 4 rings (SSSR count). The van der Waals surface area contributed by atoms with Gasteiger partial charge in [0, 0.05) is 18.9 Å². The largest absolute Gasteiger partial charge is 0.355 e. The third kappa shape index (κ3) is 4.79. The Balaban J connectivity index is 1.49. The van der Waals surface area contributed by atoms with E-state index in [1.165, 1.54) is 18.4 Å². The number of hydrogen-bond acceptors (Lipinski definition) is 2. The molecule has 154 valence electrons. The van der Waals surface area contributed by atoms with E-state index in [1.807, 2.05) is 48.7 Å². The summed E-state index contributed by atoms with van der Waals surface area (Å²) in [5.41, 5.74) is 2.82. The molecule has 0 bridgehead atoms. The Bertz CT molecular complexity index is 881. The molecule has 1 amide bonds. The molecule has 1 heterocycles. The highest BCUT2D eigenvalue weighted by molar-refractivity contribution is 5.92. The van der Waals surface area contributed by atoms with E-state index < -0.39 is 5.41 Å². The lowest BCUT2D eigenvalue weighted by Gasteiger charge is -2.34. The number of nitrogens with zero attached hydrogens (tertiary/aromatic N) is 1. The van der Waals surface area contributed by atoms with Crippen LogP contribution >= 0.6 is 0 Å². The lowest BCUT2D eigenvalue weighted by atomic mass is 9.70. The van der Waals surface area contributed by atoms with Crippen LogP contribution in [0, 0.1) is 5.92 Å². The number of benzene rings is 2. The standard InChI is InChI=1S/C27H30N2O/c30-26(29-19-8-7-10-23-11-9-18-28-21-23)27(20-22-16-17-22,24-12-3-1-4-13-24)25-14-5-2-6-15-25/h1-6,9,11-15,18,21-22H,7-8,10,16-17,19-20H2,(H,29,30). The number of aryl methyl sites for hydroxylation is 1. The molecule has 3 aromatic rings. The van der Waals surface area contributed by atoms with Gasteiger partial charge >= 0.3 is 0 Å². The molecular formula is C27H30N2O. The molecule has 0 saturated heterocycles. The summed E-state index contributed by atoms with van der Waals surface area (Å²) in [4.78, 5) is 17.9. The number of rotatable bonds is 10. The zero-order valence-electron chi connectivity index (χ0n) is 17.5. The fraction of sp³-hybridized carbons (Fsp3) is 0.333. The first-order valence-corrected chi connectivity index (χ1v) is 11.1. The van der Waals surface area contributed by atoms with Crippen molar-refractivity contribution >= 4 is 5.91 Å². The van der Waals surface area contributed by atoms with E-state index in [9.17, 15) is 4.79 Å². The molecular weight excluding hydrogens is 368 g/mol. The number of pyridine rings is 1. The summed E-state index contributed by atoms with van der Waals surface area (Å²) < 4.78 is 0. The van der Waals surface area contributed by atoms with Crippen molar-refractivity contribution in [2.75, 3.05) is 6.54 Å². The zero-order chi connectivity index (χ0) is 20.7. The van der Waals surface area contributed by atoms with Crippen molar-refractivity contribution in [1.29, 1.82) is 0 Å². The number of amides is 1. The monoisotopic (exact) mass is 398 g/mol. The Morgan fingerprint density at radius 2 is 1.57 bits per heavy atom. The summed E-state index contributed by atoms with van der Waals surface area (Å²) in [7, 11) is 0. The maximum Gasteiger partial charge on any atom is 0.235 e. The summed E-state index contributed by atoms with van der Waals surface area (Å²) in [5, 5.41) is 3.29. The molecule has 1 fully saturated rings. The highest BCUT2D eigenvalue weighted by Gasteiger charge is 2.45. The minimum absolute atomic E-state index is 0.133. The zero-order valence-corrected chi connectivity index (χ0v) is 17.5. The predicted octanol–water partition coefficient (Wildman–Crippen LogP) is 5.31. The smallest absolute Gasteiger partial charge is 0.235 e. The molecule has 1 saturated carbocycles. The fourth-order valence-corrected chi connectivity index (χ4v) is 4.31. The highest BCUT2D eigenvalue weighted by atomic mass is 16.2. The quantitative estimate of drug-likeness (QED) is 0.471. The molecule has 1 aromatic heterocycles. The van der Waals surface area contributed by atoms with Gasteiger partial charge in [-0.3, -0.25) is 9.78 Å². The Kier molecular flexibility index (Phi) is 6.58. The SMILES string of the molecule is O=C(NCCCCc1cccnc1)C(CC1CC1)(c1ccccc1)c1ccccc1. The summed E-state index contributed by atoms with van der Waals surface area (Å²) in [6, 6.07) is 24.7. The van der Waals surface area contributed by atoms with Crippen molar-refractivity contribution in [3.63, 3.8) is 0 Å². The fourth-order valence-electron chi connectivity index (χ4n) is 4.31. The van der Waals surface area contributed by atoms with Gasteiger partial charge in [-0.25, -0.2) is 0 Å². The first-order valence-electron chi connectivity index (χ1n) is 11.1. The molecule has 1 N–H and O–H groups in total. The van der Waals surface area contributed by atoms with Crippen LogP contribution in [0.15, 0.2) is 85.2 Å². The number of hydrogen-bond donors (Lipinski definition) is 1. The van der Waals surface area contributed by atoms with Crippen molar-refractivity contribution in [2.45, 2.75) is 43.9 Å². The van der Waals surface area contributed by atoms with Crippen molar-refractivity contribution in [3.8, 4) is 0 Å². The van der Waals surface area contributed by atoms with Crippen molar-refractivity contribution in [2.24, 2.45) is 5.92 Å². The van der Waals surface area contributed by atoms with Crippen molar-refractivity contribution in [3.05, 3.63) is 102 Å². The predicted molar refractivity (Wildman–Crippen MR) is 121 cm³/mol. The van der Waals surface area contributed by atoms with Crippen LogP contribution in [0.3, 0.4) is 0 Å². The summed E-state index contributed by atoms with van der Waals surface area (Å²) in [6.45, 7) is 0.700. The maximum absolute atomic E-state index is 13.7. The lowest BCUT2D eigenvalue weighted by Crippen LogP contribution is -2.46. The Hall–Kier alpha value is -2.94. The summed E-state index contributed by atoms with van der Waals surface area (Å²) >= 11 is 0. The Morgan fingerprint density at radius 1 is 0.900 bits per heavy atom. The molecule has 1 aliphatic rings. The molecule has 0 spiro atoms. The molecule has 3 heteroatoms. The van der Waals surface area contributed by atoms with E-state index in [0.29, 0.717) is 12.5 Å². The highest BCUT2D eigenvalue weighted by Crippen LogP contribution is 2.46. The normalized spacial score (nSPS) is 13.7. The van der Waals surface area contributed by atoms with E-state index in [2.05, 4.69) is 40.6 Å². The van der Waals surface area contributed by atoms with Crippen LogP contribution in [0.4, 0.5) is 0 Å². The third-order valence-electron chi connectivity index (χ3n) is 6.11. The van der Waals surface area contributed by atoms with Gasteiger partial charge < -0.3 is 5.32 Å². The Labute approximate surface area is 179 Å². The number of aromatic nitrogens is 1. The van der Waals surface area contributed by atoms with E-state index in [-0.39, 0.29) is 5.91 Å². The minimum atomic E-state index is -0.618. The molecule has 3 nitrogen and oxygen atoms in total. The summed E-state index contributed by atoms with van der Waals surface area (Å²) in [5.74, 6) is 0.759. The maximum atomic E-state index is 13.7. The first kappa shape index (κ1) is 20.3.